The molecule has 0 bridgehead atoms. The van der Waals surface area contributed by atoms with Crippen molar-refractivity contribution in [1.82, 2.24) is 0 Å². The van der Waals surface area contributed by atoms with Gasteiger partial charge in [-0.15, -0.1) is 0 Å². The minimum Gasteiger partial charge on any atom is -0.496 e. The van der Waals surface area contributed by atoms with Crippen molar-refractivity contribution in [2.45, 2.75) is 4.90 Å². The molecule has 0 atom stereocenters. The van der Waals surface area contributed by atoms with Crippen molar-refractivity contribution in [3.8, 4) is 11.8 Å². The summed E-state index contributed by atoms with van der Waals surface area (Å²) >= 11 is 3.03. The summed E-state index contributed by atoms with van der Waals surface area (Å²) in [4.78, 5) is -0.272. The molecule has 0 unspecified atom stereocenters. The molecule has 0 fully saturated rings. The van der Waals surface area contributed by atoms with Crippen LogP contribution in [-0.2, 0) is 9.05 Å². The quantitative estimate of drug-likeness (QED) is 0.786. The Morgan fingerprint density at radius 2 is 2.13 bits per heavy atom. The van der Waals surface area contributed by atoms with E-state index >= 15 is 0 Å². The molecule has 1 aromatic carbocycles. The molecule has 0 radical (unpaired) electrons. The molecule has 0 heterocycles. The van der Waals surface area contributed by atoms with Crippen LogP contribution >= 0.6 is 26.6 Å². The van der Waals surface area contributed by atoms with Crippen LogP contribution in [0.15, 0.2) is 21.5 Å². The highest BCUT2D eigenvalue weighted by Crippen LogP contribution is 2.35. The van der Waals surface area contributed by atoms with Gasteiger partial charge in [0.25, 0.3) is 9.05 Å². The fourth-order valence-electron chi connectivity index (χ4n) is 1.02. The summed E-state index contributed by atoms with van der Waals surface area (Å²) in [5.74, 6) is 0.299. The van der Waals surface area contributed by atoms with Gasteiger partial charge in [0.15, 0.2) is 0 Å². The number of hydrogen-bond donors (Lipinski definition) is 0. The predicted octanol–water partition coefficient (Wildman–Crippen LogP) is 2.26. The molecule has 0 aliphatic heterocycles. The topological polar surface area (TPSA) is 67.2 Å². The molecule has 0 amide bonds. The molecule has 0 aromatic heterocycles. The monoisotopic (exact) mass is 309 g/mol. The second-order valence-corrected chi connectivity index (χ2v) is 5.80. The van der Waals surface area contributed by atoms with Gasteiger partial charge in [-0.3, -0.25) is 0 Å². The largest absolute Gasteiger partial charge is 0.496 e. The van der Waals surface area contributed by atoms with E-state index in [1.807, 2.05) is 0 Å². The third-order valence-electron chi connectivity index (χ3n) is 1.65. The van der Waals surface area contributed by atoms with Crippen molar-refractivity contribution < 1.29 is 13.2 Å². The molecule has 80 valence electrons. The molecule has 1 aromatic rings. The fraction of sp³-hybridized carbons (Fsp3) is 0.125. The summed E-state index contributed by atoms with van der Waals surface area (Å²) < 4.78 is 27.5. The van der Waals surface area contributed by atoms with Gasteiger partial charge in [0.2, 0.25) is 0 Å². The van der Waals surface area contributed by atoms with Crippen LogP contribution in [0, 0.1) is 11.3 Å². The average Bonchev–Trinajstić information content (AvgIpc) is 2.15. The fourth-order valence-corrected chi connectivity index (χ4v) is 3.62. The number of benzene rings is 1. The van der Waals surface area contributed by atoms with Gasteiger partial charge >= 0.3 is 0 Å². The molecule has 0 aliphatic carbocycles. The first-order chi connectivity index (χ1) is 6.91. The standard InChI is InChI=1S/C8H5BrClNO3S/c1-14-6-3-2-5(4-11)8(7(6)9)15(10,12)13/h2-3H,1H3. The third kappa shape index (κ3) is 2.43. The molecule has 0 N–H and O–H groups in total. The molecule has 4 nitrogen and oxygen atoms in total. The van der Waals surface area contributed by atoms with Gasteiger partial charge in [-0.2, -0.15) is 5.26 Å². The number of halogens is 2. The molecular weight excluding hydrogens is 306 g/mol. The van der Waals surface area contributed by atoms with Gasteiger partial charge in [-0.25, -0.2) is 8.42 Å². The summed E-state index contributed by atoms with van der Waals surface area (Å²) in [6.45, 7) is 0. The number of nitrogens with zero attached hydrogens (tertiary/aromatic N) is 1. The third-order valence-corrected chi connectivity index (χ3v) is 4.07. The van der Waals surface area contributed by atoms with Crippen LogP contribution in [0.2, 0.25) is 0 Å². The van der Waals surface area contributed by atoms with Crippen LogP contribution in [0.1, 0.15) is 5.56 Å². The first-order valence-corrected chi connectivity index (χ1v) is 6.73. The zero-order valence-corrected chi connectivity index (χ0v) is 10.6. The van der Waals surface area contributed by atoms with Crippen LogP contribution in [0.25, 0.3) is 0 Å². The van der Waals surface area contributed by atoms with E-state index in [0.29, 0.717) is 5.75 Å². The summed E-state index contributed by atoms with van der Waals surface area (Å²) in [5.41, 5.74) is -0.0299. The first-order valence-electron chi connectivity index (χ1n) is 3.63. The molecular formula is C8H5BrClNO3S. The van der Waals surface area contributed by atoms with Crippen LogP contribution in [0.3, 0.4) is 0 Å². The van der Waals surface area contributed by atoms with Crippen molar-refractivity contribution >= 4 is 35.7 Å². The van der Waals surface area contributed by atoms with E-state index in [-0.39, 0.29) is 14.9 Å². The van der Waals surface area contributed by atoms with Gasteiger partial charge in [0.1, 0.15) is 16.7 Å². The van der Waals surface area contributed by atoms with Gasteiger partial charge in [0, 0.05) is 10.7 Å². The number of nitriles is 1. The summed E-state index contributed by atoms with van der Waals surface area (Å²) in [7, 11) is 2.61. The van der Waals surface area contributed by atoms with Crippen molar-refractivity contribution in [3.05, 3.63) is 22.2 Å². The van der Waals surface area contributed by atoms with Gasteiger partial charge in [-0.1, -0.05) is 0 Å². The Morgan fingerprint density at radius 1 is 1.53 bits per heavy atom. The smallest absolute Gasteiger partial charge is 0.263 e. The first kappa shape index (κ1) is 12.3. The maximum Gasteiger partial charge on any atom is 0.263 e. The SMILES string of the molecule is COc1ccc(C#N)c(S(=O)(=O)Cl)c1Br. The predicted molar refractivity (Wildman–Crippen MR) is 58.4 cm³/mol. The highest BCUT2D eigenvalue weighted by Gasteiger charge is 2.22. The Hall–Kier alpha value is -0.770. The lowest BCUT2D eigenvalue weighted by molar-refractivity contribution is 0.410. The Morgan fingerprint density at radius 3 is 2.53 bits per heavy atom. The minimum atomic E-state index is -3.99. The molecule has 1 rings (SSSR count). The molecule has 7 heteroatoms. The van der Waals surface area contributed by atoms with E-state index in [9.17, 15) is 8.42 Å². The van der Waals surface area contributed by atoms with Crippen LogP contribution in [0.5, 0.6) is 5.75 Å². The van der Waals surface area contributed by atoms with Gasteiger partial charge in [0.05, 0.1) is 17.1 Å². The Kier molecular flexibility index (Phi) is 3.60. The van der Waals surface area contributed by atoms with Crippen LogP contribution in [0.4, 0.5) is 0 Å². The van der Waals surface area contributed by atoms with Crippen LogP contribution in [-0.4, -0.2) is 15.5 Å². The zero-order valence-electron chi connectivity index (χ0n) is 7.49. The lowest BCUT2D eigenvalue weighted by Crippen LogP contribution is -1.98. The van der Waals surface area contributed by atoms with Crippen molar-refractivity contribution in [3.63, 3.8) is 0 Å². The van der Waals surface area contributed by atoms with E-state index in [0.717, 1.165) is 0 Å². The molecule has 0 saturated heterocycles. The number of hydrogen-bond acceptors (Lipinski definition) is 4. The minimum absolute atomic E-state index is 0.0299. The second-order valence-electron chi connectivity index (χ2n) is 2.51. The lowest BCUT2D eigenvalue weighted by Gasteiger charge is -2.07. The zero-order chi connectivity index (χ0) is 11.6. The van der Waals surface area contributed by atoms with Crippen molar-refractivity contribution in [1.29, 1.82) is 5.26 Å². The van der Waals surface area contributed by atoms with E-state index < -0.39 is 9.05 Å². The normalized spacial score (nSPS) is 10.8. The summed E-state index contributed by atoms with van der Waals surface area (Å²) in [6.07, 6.45) is 0. The van der Waals surface area contributed by atoms with E-state index in [2.05, 4.69) is 15.9 Å². The Balaban J connectivity index is 3.67. The second kappa shape index (κ2) is 4.39. The van der Waals surface area contributed by atoms with Crippen molar-refractivity contribution in [2.24, 2.45) is 0 Å². The van der Waals surface area contributed by atoms with E-state index in [1.54, 1.807) is 6.07 Å². The van der Waals surface area contributed by atoms with E-state index in [1.165, 1.54) is 19.2 Å². The number of methoxy groups -OCH3 is 1. The highest BCUT2D eigenvalue weighted by atomic mass is 79.9. The summed E-state index contributed by atoms with van der Waals surface area (Å²) in [5, 5.41) is 8.74. The van der Waals surface area contributed by atoms with Gasteiger partial charge in [-0.05, 0) is 28.1 Å². The number of rotatable bonds is 2. The van der Waals surface area contributed by atoms with Crippen molar-refractivity contribution in [2.75, 3.05) is 7.11 Å². The molecule has 0 spiro atoms. The van der Waals surface area contributed by atoms with E-state index in [4.69, 9.17) is 20.7 Å². The Bertz CT molecular complexity index is 536. The summed E-state index contributed by atoms with van der Waals surface area (Å²) in [6, 6.07) is 4.56. The Labute approximate surface area is 100.0 Å². The lowest BCUT2D eigenvalue weighted by atomic mass is 10.2. The molecule has 0 aliphatic rings. The highest BCUT2D eigenvalue weighted by molar-refractivity contribution is 9.10. The van der Waals surface area contributed by atoms with Gasteiger partial charge < -0.3 is 4.74 Å². The molecule has 15 heavy (non-hydrogen) atoms. The van der Waals surface area contributed by atoms with Crippen LogP contribution < -0.4 is 4.74 Å². The average molecular weight is 311 g/mol. The maximum atomic E-state index is 11.2. The maximum absolute atomic E-state index is 11.2. The molecule has 0 saturated carbocycles. The number of ether oxygens (including phenoxy) is 1.